The molecule has 0 spiro atoms. The van der Waals surface area contributed by atoms with Crippen LogP contribution in [0.15, 0.2) is 48.6 Å². The van der Waals surface area contributed by atoms with Gasteiger partial charge in [-0.05, 0) is 51.4 Å². The minimum Gasteiger partial charge on any atom is -0.462 e. The largest absolute Gasteiger partial charge is 0.462 e. The summed E-state index contributed by atoms with van der Waals surface area (Å²) in [4.78, 5) is 24.4. The number of carbonyl (C=O) groups excluding carboxylic acids is 2. The summed E-state index contributed by atoms with van der Waals surface area (Å²) in [5.41, 5.74) is 0. The van der Waals surface area contributed by atoms with Gasteiger partial charge in [-0.25, -0.2) is 0 Å². The molecule has 55 heavy (non-hydrogen) atoms. The van der Waals surface area contributed by atoms with Gasteiger partial charge in [0.25, 0.3) is 0 Å². The summed E-state index contributed by atoms with van der Waals surface area (Å²) in [7, 11) is 0. The molecule has 0 radical (unpaired) electrons. The van der Waals surface area contributed by atoms with Crippen molar-refractivity contribution in [2.75, 3.05) is 13.2 Å². The topological polar surface area (TPSA) is 72.8 Å². The molecule has 0 saturated carbocycles. The van der Waals surface area contributed by atoms with Crippen LogP contribution in [-0.4, -0.2) is 36.4 Å². The van der Waals surface area contributed by atoms with Gasteiger partial charge < -0.3 is 14.6 Å². The zero-order valence-corrected chi connectivity index (χ0v) is 36.4. The summed E-state index contributed by atoms with van der Waals surface area (Å²) in [6, 6.07) is 0. The van der Waals surface area contributed by atoms with E-state index < -0.39 is 6.10 Å². The lowest BCUT2D eigenvalue weighted by atomic mass is 10.0. The molecule has 5 heteroatoms. The minimum atomic E-state index is -0.792. The van der Waals surface area contributed by atoms with Crippen LogP contribution in [0, 0.1) is 0 Å². The zero-order valence-electron chi connectivity index (χ0n) is 36.4. The van der Waals surface area contributed by atoms with Gasteiger partial charge in [-0.15, -0.1) is 0 Å². The molecule has 0 saturated heterocycles. The molecule has 5 nitrogen and oxygen atoms in total. The van der Waals surface area contributed by atoms with Crippen LogP contribution in [0.3, 0.4) is 0 Å². The maximum Gasteiger partial charge on any atom is 0.306 e. The minimum absolute atomic E-state index is 0.0923. The normalized spacial score (nSPS) is 12.6. The van der Waals surface area contributed by atoms with Crippen molar-refractivity contribution in [3.05, 3.63) is 48.6 Å². The Bertz CT molecular complexity index is 919. The third-order valence-electron chi connectivity index (χ3n) is 10.4. The highest BCUT2D eigenvalue weighted by atomic mass is 16.6. The van der Waals surface area contributed by atoms with Gasteiger partial charge >= 0.3 is 11.9 Å². The van der Waals surface area contributed by atoms with E-state index in [4.69, 9.17) is 9.47 Å². The first-order valence-electron chi connectivity index (χ1n) is 23.7. The van der Waals surface area contributed by atoms with E-state index in [-0.39, 0.29) is 25.2 Å². The quantitative estimate of drug-likeness (QED) is 0.0380. The van der Waals surface area contributed by atoms with Crippen LogP contribution in [0.4, 0.5) is 0 Å². The summed E-state index contributed by atoms with van der Waals surface area (Å²) in [5.74, 6) is -0.648. The van der Waals surface area contributed by atoms with Crippen molar-refractivity contribution in [1.29, 1.82) is 0 Å². The van der Waals surface area contributed by atoms with Crippen molar-refractivity contribution in [2.24, 2.45) is 0 Å². The Morgan fingerprint density at radius 1 is 0.418 bits per heavy atom. The van der Waals surface area contributed by atoms with Crippen molar-refractivity contribution >= 4 is 11.9 Å². The Morgan fingerprint density at radius 2 is 0.745 bits per heavy atom. The highest BCUT2D eigenvalue weighted by molar-refractivity contribution is 5.70. The molecule has 0 aromatic rings. The lowest BCUT2D eigenvalue weighted by Gasteiger charge is -2.15. The van der Waals surface area contributed by atoms with Crippen LogP contribution in [0.2, 0.25) is 0 Å². The molecule has 0 fully saturated rings. The van der Waals surface area contributed by atoms with E-state index in [9.17, 15) is 14.7 Å². The maximum absolute atomic E-state index is 12.2. The van der Waals surface area contributed by atoms with E-state index in [0.717, 1.165) is 44.9 Å². The number of esters is 2. The molecule has 0 aliphatic carbocycles. The van der Waals surface area contributed by atoms with Crippen molar-refractivity contribution in [3.8, 4) is 0 Å². The number of hydrogen-bond acceptors (Lipinski definition) is 5. The predicted octanol–water partition coefficient (Wildman–Crippen LogP) is 15.4. The summed E-state index contributed by atoms with van der Waals surface area (Å²) in [6.45, 7) is 4.11. The van der Waals surface area contributed by atoms with E-state index in [1.807, 2.05) is 0 Å². The van der Waals surface area contributed by atoms with Crippen LogP contribution >= 0.6 is 0 Å². The Labute approximate surface area is 341 Å². The van der Waals surface area contributed by atoms with Crippen LogP contribution in [0.25, 0.3) is 0 Å². The van der Waals surface area contributed by atoms with E-state index in [1.165, 1.54) is 161 Å². The molecule has 0 amide bonds. The first kappa shape index (κ1) is 52.9. The molecule has 1 atom stereocenters. The first-order chi connectivity index (χ1) is 27.1. The second-order valence-electron chi connectivity index (χ2n) is 15.8. The smallest absolute Gasteiger partial charge is 0.306 e. The lowest BCUT2D eigenvalue weighted by molar-refractivity contribution is -0.161. The number of unbranched alkanes of at least 4 members (excludes halogenated alkanes) is 27. The van der Waals surface area contributed by atoms with Gasteiger partial charge in [0.15, 0.2) is 6.10 Å². The third-order valence-corrected chi connectivity index (χ3v) is 10.4. The zero-order chi connectivity index (χ0) is 40.0. The van der Waals surface area contributed by atoms with Crippen LogP contribution in [0.1, 0.15) is 239 Å². The average molecular weight is 771 g/mol. The number of allylic oxidation sites excluding steroid dienone is 8. The second kappa shape index (κ2) is 46.2. The Hall–Kier alpha value is -2.14. The van der Waals surface area contributed by atoms with Crippen molar-refractivity contribution < 1.29 is 24.2 Å². The number of carbonyl (C=O) groups is 2. The predicted molar refractivity (Wildman–Crippen MR) is 237 cm³/mol. The lowest BCUT2D eigenvalue weighted by Crippen LogP contribution is -2.28. The first-order valence-corrected chi connectivity index (χ1v) is 23.7. The SMILES string of the molecule is CCCCCCCCC/C=C/C/C=C/C/C=C/C/C=C/CCCC(=O)OC[C@H](CO)OC(=O)CCCCCCCCCCCCCCCCCCCCCC. The number of aliphatic hydroxyl groups is 1. The van der Waals surface area contributed by atoms with Gasteiger partial charge in [-0.3, -0.25) is 9.59 Å². The molecule has 0 aliphatic rings. The third kappa shape index (κ3) is 44.4. The molecule has 1 N–H and O–H groups in total. The summed E-state index contributed by atoms with van der Waals surface area (Å²) in [6.07, 6.45) is 59.1. The molecule has 0 aromatic carbocycles. The molecular formula is C50H90O5. The van der Waals surface area contributed by atoms with E-state index in [1.54, 1.807) is 0 Å². The Balaban J connectivity index is 3.59. The number of aliphatic hydroxyl groups excluding tert-OH is 1. The molecule has 0 aliphatic heterocycles. The molecular weight excluding hydrogens is 681 g/mol. The standard InChI is InChI=1S/C50H90O5/c1-3-5-7-9-11-13-15-17-19-21-23-25-27-28-30-32-34-36-38-40-42-44-49(52)54-47-48(46-51)55-50(53)45-43-41-39-37-35-33-31-29-26-24-22-20-18-16-14-12-10-8-6-4-2/h19,21,25,27,30,32,36,38,48,51H,3-18,20,22-24,26,28-29,31,33-35,37,39-47H2,1-2H3/b21-19+,27-25+,32-30+,38-36+/t48-/m0/s1. The Morgan fingerprint density at radius 3 is 1.15 bits per heavy atom. The number of rotatable bonds is 43. The molecule has 320 valence electrons. The maximum atomic E-state index is 12.2. The molecule has 0 aromatic heterocycles. The van der Waals surface area contributed by atoms with E-state index >= 15 is 0 Å². The highest BCUT2D eigenvalue weighted by Gasteiger charge is 2.16. The summed E-state index contributed by atoms with van der Waals surface area (Å²) in [5, 5.41) is 9.60. The fraction of sp³-hybridized carbons (Fsp3) is 0.800. The van der Waals surface area contributed by atoms with Crippen LogP contribution in [-0.2, 0) is 19.1 Å². The monoisotopic (exact) mass is 771 g/mol. The second-order valence-corrected chi connectivity index (χ2v) is 15.8. The average Bonchev–Trinajstić information content (AvgIpc) is 3.19. The summed E-state index contributed by atoms with van der Waals surface area (Å²) < 4.78 is 10.6. The molecule has 0 rings (SSSR count). The Kier molecular flexibility index (Phi) is 44.4. The fourth-order valence-electron chi connectivity index (χ4n) is 6.78. The van der Waals surface area contributed by atoms with Gasteiger partial charge in [0.2, 0.25) is 0 Å². The summed E-state index contributed by atoms with van der Waals surface area (Å²) >= 11 is 0. The molecule has 0 unspecified atom stereocenters. The van der Waals surface area contributed by atoms with Gasteiger partial charge in [0.1, 0.15) is 6.61 Å². The number of hydrogen-bond donors (Lipinski definition) is 1. The van der Waals surface area contributed by atoms with Crippen molar-refractivity contribution in [2.45, 2.75) is 245 Å². The van der Waals surface area contributed by atoms with E-state index in [2.05, 4.69) is 62.5 Å². The molecule has 0 heterocycles. The van der Waals surface area contributed by atoms with Gasteiger partial charge in [0, 0.05) is 12.8 Å². The van der Waals surface area contributed by atoms with Gasteiger partial charge in [0.05, 0.1) is 6.61 Å². The molecule has 0 bridgehead atoms. The highest BCUT2D eigenvalue weighted by Crippen LogP contribution is 2.16. The number of ether oxygens (including phenoxy) is 2. The fourth-order valence-corrected chi connectivity index (χ4v) is 6.78. The van der Waals surface area contributed by atoms with Gasteiger partial charge in [-0.2, -0.15) is 0 Å². The van der Waals surface area contributed by atoms with Crippen LogP contribution in [0.5, 0.6) is 0 Å². The van der Waals surface area contributed by atoms with Crippen LogP contribution < -0.4 is 0 Å². The van der Waals surface area contributed by atoms with Crippen molar-refractivity contribution in [1.82, 2.24) is 0 Å². The van der Waals surface area contributed by atoms with E-state index in [0.29, 0.717) is 19.3 Å². The van der Waals surface area contributed by atoms with Gasteiger partial charge in [-0.1, -0.05) is 223 Å². The van der Waals surface area contributed by atoms with Crippen molar-refractivity contribution in [3.63, 3.8) is 0 Å².